The van der Waals surface area contributed by atoms with E-state index < -0.39 is 0 Å². The summed E-state index contributed by atoms with van der Waals surface area (Å²) in [4.78, 5) is 2.54. The van der Waals surface area contributed by atoms with Crippen LogP contribution in [0.15, 0.2) is 54.6 Å². The Kier molecular flexibility index (Phi) is 5.49. The Morgan fingerprint density at radius 2 is 1.70 bits per heavy atom. The molecule has 0 spiro atoms. The zero-order chi connectivity index (χ0) is 18.6. The lowest BCUT2D eigenvalue weighted by atomic mass is 10.1. The van der Waals surface area contributed by atoms with Crippen LogP contribution in [-0.4, -0.2) is 35.7 Å². The number of ether oxygens (including phenoxy) is 1. The van der Waals surface area contributed by atoms with Gasteiger partial charge < -0.3 is 14.2 Å². The monoisotopic (exact) mass is 362 g/mol. The van der Waals surface area contributed by atoms with Crippen LogP contribution in [0.5, 0.6) is 5.75 Å². The molecule has 0 aliphatic carbocycles. The van der Waals surface area contributed by atoms with E-state index in [0.29, 0.717) is 5.92 Å². The van der Waals surface area contributed by atoms with E-state index in [1.165, 1.54) is 48.2 Å². The number of likely N-dealkylation sites (tertiary alicyclic amines) is 1. The summed E-state index contributed by atoms with van der Waals surface area (Å²) in [7, 11) is 0. The van der Waals surface area contributed by atoms with Crippen molar-refractivity contribution >= 4 is 10.9 Å². The first-order valence-electron chi connectivity index (χ1n) is 10.3. The van der Waals surface area contributed by atoms with E-state index >= 15 is 0 Å². The van der Waals surface area contributed by atoms with Crippen molar-refractivity contribution in [3.05, 3.63) is 60.3 Å². The molecule has 142 valence electrons. The van der Waals surface area contributed by atoms with Crippen molar-refractivity contribution in [2.45, 2.75) is 39.0 Å². The summed E-state index contributed by atoms with van der Waals surface area (Å²) in [5.41, 5.74) is 3.81. The second-order valence-corrected chi connectivity index (χ2v) is 7.86. The largest absolute Gasteiger partial charge is 0.494 e. The van der Waals surface area contributed by atoms with Gasteiger partial charge in [-0.2, -0.15) is 0 Å². The summed E-state index contributed by atoms with van der Waals surface area (Å²) in [5, 5.41) is 1.29. The van der Waals surface area contributed by atoms with Gasteiger partial charge in [-0.1, -0.05) is 32.0 Å². The van der Waals surface area contributed by atoms with Crippen LogP contribution in [0.1, 0.15) is 44.7 Å². The standard InChI is InChI=1S/C24H30N2O/c1-19(2)24-18-20-8-3-4-9-23(20)26(24)21-10-12-22(13-11-21)27-17-7-16-25-14-5-6-15-25/h3-4,8-13,18-19H,5-7,14-17H2,1-2H3. The molecule has 0 N–H and O–H groups in total. The van der Waals surface area contributed by atoms with Crippen molar-refractivity contribution in [1.29, 1.82) is 0 Å². The number of fused-ring (bicyclic) bond motifs is 1. The Labute approximate surface area is 162 Å². The van der Waals surface area contributed by atoms with E-state index in [2.05, 4.69) is 77.9 Å². The summed E-state index contributed by atoms with van der Waals surface area (Å²) in [6, 6.07) is 19.5. The number of hydrogen-bond acceptors (Lipinski definition) is 2. The lowest BCUT2D eigenvalue weighted by Gasteiger charge is -2.15. The quantitative estimate of drug-likeness (QED) is 0.508. The Hall–Kier alpha value is -2.26. The highest BCUT2D eigenvalue weighted by molar-refractivity contribution is 5.83. The molecule has 0 bridgehead atoms. The summed E-state index contributed by atoms with van der Waals surface area (Å²) in [6.07, 6.45) is 3.81. The van der Waals surface area contributed by atoms with Gasteiger partial charge in [-0.3, -0.25) is 0 Å². The average molecular weight is 363 g/mol. The van der Waals surface area contributed by atoms with Gasteiger partial charge in [0.05, 0.1) is 12.1 Å². The third-order valence-corrected chi connectivity index (χ3v) is 5.51. The molecule has 2 aromatic carbocycles. The van der Waals surface area contributed by atoms with E-state index in [0.717, 1.165) is 25.3 Å². The van der Waals surface area contributed by atoms with Crippen LogP contribution in [0.3, 0.4) is 0 Å². The number of rotatable bonds is 7. The predicted molar refractivity (Wildman–Crippen MR) is 113 cm³/mol. The summed E-state index contributed by atoms with van der Waals surface area (Å²) in [5.74, 6) is 1.43. The molecule has 1 fully saturated rings. The van der Waals surface area contributed by atoms with Crippen molar-refractivity contribution in [3.8, 4) is 11.4 Å². The second kappa shape index (κ2) is 8.18. The number of aromatic nitrogens is 1. The predicted octanol–water partition coefficient (Wildman–Crippen LogP) is 5.62. The molecule has 1 aliphatic rings. The van der Waals surface area contributed by atoms with E-state index in [9.17, 15) is 0 Å². The number of nitrogens with zero attached hydrogens (tertiary/aromatic N) is 2. The van der Waals surface area contributed by atoms with Gasteiger partial charge in [0, 0.05) is 23.3 Å². The lowest BCUT2D eigenvalue weighted by molar-refractivity contribution is 0.263. The SMILES string of the molecule is CC(C)c1cc2ccccc2n1-c1ccc(OCCCN2CCCC2)cc1. The Morgan fingerprint density at radius 3 is 2.44 bits per heavy atom. The van der Waals surface area contributed by atoms with E-state index in [-0.39, 0.29) is 0 Å². The van der Waals surface area contributed by atoms with Gasteiger partial charge in [0.2, 0.25) is 0 Å². The van der Waals surface area contributed by atoms with Gasteiger partial charge in [0.15, 0.2) is 0 Å². The first-order chi connectivity index (χ1) is 13.2. The fourth-order valence-corrected chi connectivity index (χ4v) is 4.07. The molecule has 0 amide bonds. The smallest absolute Gasteiger partial charge is 0.119 e. The van der Waals surface area contributed by atoms with Gasteiger partial charge in [-0.05, 0) is 74.7 Å². The molecule has 1 aliphatic heterocycles. The number of hydrogen-bond donors (Lipinski definition) is 0. The third kappa shape index (κ3) is 4.03. The van der Waals surface area contributed by atoms with Gasteiger partial charge in [-0.25, -0.2) is 0 Å². The topological polar surface area (TPSA) is 17.4 Å². The molecular formula is C24H30N2O. The Bertz CT molecular complexity index is 873. The zero-order valence-electron chi connectivity index (χ0n) is 16.5. The van der Waals surface area contributed by atoms with Crippen molar-refractivity contribution in [1.82, 2.24) is 9.47 Å². The molecule has 3 aromatic rings. The molecule has 3 nitrogen and oxygen atoms in total. The summed E-state index contributed by atoms with van der Waals surface area (Å²) >= 11 is 0. The van der Waals surface area contributed by atoms with Crippen LogP contribution >= 0.6 is 0 Å². The maximum absolute atomic E-state index is 5.97. The Balaban J connectivity index is 1.46. The van der Waals surface area contributed by atoms with Crippen LogP contribution in [0, 0.1) is 0 Å². The van der Waals surface area contributed by atoms with Crippen molar-refractivity contribution < 1.29 is 4.74 Å². The van der Waals surface area contributed by atoms with Gasteiger partial charge in [0.25, 0.3) is 0 Å². The minimum atomic E-state index is 0.471. The molecule has 4 rings (SSSR count). The molecular weight excluding hydrogens is 332 g/mol. The van der Waals surface area contributed by atoms with Crippen LogP contribution < -0.4 is 4.74 Å². The van der Waals surface area contributed by atoms with Gasteiger partial charge in [-0.15, -0.1) is 0 Å². The molecule has 1 aromatic heterocycles. The highest BCUT2D eigenvalue weighted by Crippen LogP contribution is 2.29. The van der Waals surface area contributed by atoms with Crippen molar-refractivity contribution in [3.63, 3.8) is 0 Å². The molecule has 1 saturated heterocycles. The van der Waals surface area contributed by atoms with Crippen molar-refractivity contribution in [2.24, 2.45) is 0 Å². The highest BCUT2D eigenvalue weighted by atomic mass is 16.5. The minimum absolute atomic E-state index is 0.471. The zero-order valence-corrected chi connectivity index (χ0v) is 16.5. The second-order valence-electron chi connectivity index (χ2n) is 7.86. The van der Waals surface area contributed by atoms with Crippen molar-refractivity contribution in [2.75, 3.05) is 26.2 Å². The maximum Gasteiger partial charge on any atom is 0.119 e. The minimum Gasteiger partial charge on any atom is -0.494 e. The van der Waals surface area contributed by atoms with Gasteiger partial charge >= 0.3 is 0 Å². The van der Waals surface area contributed by atoms with E-state index in [4.69, 9.17) is 4.74 Å². The molecule has 0 radical (unpaired) electrons. The molecule has 0 atom stereocenters. The normalized spacial score (nSPS) is 15.1. The Morgan fingerprint density at radius 1 is 0.963 bits per heavy atom. The van der Waals surface area contributed by atoms with Crippen LogP contribution in [-0.2, 0) is 0 Å². The van der Waals surface area contributed by atoms with E-state index in [1.54, 1.807) is 0 Å². The summed E-state index contributed by atoms with van der Waals surface area (Å²) < 4.78 is 8.34. The highest BCUT2D eigenvalue weighted by Gasteiger charge is 2.13. The lowest BCUT2D eigenvalue weighted by Crippen LogP contribution is -2.21. The fraction of sp³-hybridized carbons (Fsp3) is 0.417. The van der Waals surface area contributed by atoms with Crippen LogP contribution in [0.4, 0.5) is 0 Å². The maximum atomic E-state index is 5.97. The first-order valence-corrected chi connectivity index (χ1v) is 10.3. The van der Waals surface area contributed by atoms with Gasteiger partial charge in [0.1, 0.15) is 5.75 Å². The van der Waals surface area contributed by atoms with Crippen LogP contribution in [0.2, 0.25) is 0 Å². The van der Waals surface area contributed by atoms with Crippen LogP contribution in [0.25, 0.3) is 16.6 Å². The molecule has 27 heavy (non-hydrogen) atoms. The molecule has 0 saturated carbocycles. The fourth-order valence-electron chi connectivity index (χ4n) is 4.07. The average Bonchev–Trinajstić information content (AvgIpc) is 3.33. The number of benzene rings is 2. The first kappa shape index (κ1) is 18.1. The summed E-state index contributed by atoms with van der Waals surface area (Å²) in [6.45, 7) is 8.98. The number of para-hydroxylation sites is 1. The molecule has 2 heterocycles. The molecule has 0 unspecified atom stereocenters. The molecule has 3 heteroatoms. The van der Waals surface area contributed by atoms with E-state index in [1.807, 2.05) is 0 Å². The third-order valence-electron chi connectivity index (χ3n) is 5.51.